The summed E-state index contributed by atoms with van der Waals surface area (Å²) in [6.07, 6.45) is 0.715. The molecule has 1 aromatic heterocycles. The Morgan fingerprint density at radius 3 is 3.12 bits per heavy atom. The van der Waals surface area contributed by atoms with Crippen molar-refractivity contribution in [2.75, 3.05) is 38.3 Å². The van der Waals surface area contributed by atoms with Crippen molar-refractivity contribution >= 4 is 22.9 Å². The van der Waals surface area contributed by atoms with Gasteiger partial charge in [0.05, 0.1) is 23.1 Å². The molecular weight excluding hydrogens is 311 g/mol. The van der Waals surface area contributed by atoms with Gasteiger partial charge in [0.1, 0.15) is 5.82 Å². The van der Waals surface area contributed by atoms with Gasteiger partial charge in [-0.25, -0.2) is 9.37 Å². The number of aromatic nitrogens is 2. The third-order valence-corrected chi connectivity index (χ3v) is 5.49. The van der Waals surface area contributed by atoms with E-state index in [-0.39, 0.29) is 17.6 Å². The number of fused-ring (bicyclic) bond motifs is 2. The van der Waals surface area contributed by atoms with Crippen LogP contribution in [0.2, 0.25) is 0 Å². The monoisotopic (exact) mass is 332 g/mol. The summed E-state index contributed by atoms with van der Waals surface area (Å²) in [7, 11) is 3.57. The number of anilines is 1. The van der Waals surface area contributed by atoms with E-state index in [0.29, 0.717) is 32.7 Å². The van der Waals surface area contributed by atoms with Gasteiger partial charge in [0.25, 0.3) is 0 Å². The Hall–Kier alpha value is -2.15. The van der Waals surface area contributed by atoms with Gasteiger partial charge in [0, 0.05) is 39.7 Å². The summed E-state index contributed by atoms with van der Waals surface area (Å²) in [5, 5.41) is 2.82. The summed E-state index contributed by atoms with van der Waals surface area (Å²) in [6.45, 7) is 2.52. The zero-order chi connectivity index (χ0) is 16.9. The smallest absolute Gasteiger partial charge is 0.228 e. The molecule has 2 aliphatic heterocycles. The highest BCUT2D eigenvalue weighted by Gasteiger charge is 2.53. The molecule has 7 heteroatoms. The van der Waals surface area contributed by atoms with E-state index >= 15 is 0 Å². The molecule has 3 heterocycles. The first-order valence-electron chi connectivity index (χ1n) is 8.22. The van der Waals surface area contributed by atoms with E-state index in [4.69, 9.17) is 4.74 Å². The van der Waals surface area contributed by atoms with Gasteiger partial charge in [-0.2, -0.15) is 0 Å². The number of carbonyl (C=O) groups is 1. The summed E-state index contributed by atoms with van der Waals surface area (Å²) < 4.78 is 21.0. The van der Waals surface area contributed by atoms with Crippen LogP contribution in [0.3, 0.4) is 0 Å². The molecule has 0 radical (unpaired) electrons. The van der Waals surface area contributed by atoms with Crippen molar-refractivity contribution in [2.24, 2.45) is 18.4 Å². The van der Waals surface area contributed by atoms with Gasteiger partial charge in [-0.05, 0) is 24.6 Å². The van der Waals surface area contributed by atoms with Gasteiger partial charge in [-0.3, -0.25) is 4.79 Å². The minimum atomic E-state index is -0.434. The lowest BCUT2D eigenvalue weighted by Crippen LogP contribution is -2.49. The number of imidazole rings is 1. The van der Waals surface area contributed by atoms with Crippen LogP contribution in [0, 0.1) is 17.2 Å². The maximum absolute atomic E-state index is 13.5. The van der Waals surface area contributed by atoms with Crippen molar-refractivity contribution < 1.29 is 13.9 Å². The SMILES string of the molecule is CNC(=O)[C@]12CCOC[C@H]1CN(c1nc3ccc(F)cc3n1C)C2. The van der Waals surface area contributed by atoms with Crippen LogP contribution in [0.25, 0.3) is 11.0 Å². The largest absolute Gasteiger partial charge is 0.381 e. The molecule has 1 N–H and O–H groups in total. The van der Waals surface area contributed by atoms with Crippen LogP contribution in [-0.4, -0.2) is 48.8 Å². The van der Waals surface area contributed by atoms with Crippen molar-refractivity contribution in [3.05, 3.63) is 24.0 Å². The molecule has 1 amide bonds. The quantitative estimate of drug-likeness (QED) is 0.901. The molecule has 1 aromatic carbocycles. The first-order chi connectivity index (χ1) is 11.5. The number of nitrogens with zero attached hydrogens (tertiary/aromatic N) is 3. The fourth-order valence-electron chi connectivity index (χ4n) is 4.16. The molecule has 2 saturated heterocycles. The Bertz CT molecular complexity index is 805. The lowest BCUT2D eigenvalue weighted by atomic mass is 9.73. The van der Waals surface area contributed by atoms with Crippen LogP contribution in [-0.2, 0) is 16.6 Å². The van der Waals surface area contributed by atoms with Crippen molar-refractivity contribution in [1.82, 2.24) is 14.9 Å². The van der Waals surface area contributed by atoms with Crippen molar-refractivity contribution in [3.8, 4) is 0 Å². The van der Waals surface area contributed by atoms with E-state index in [0.717, 1.165) is 17.0 Å². The highest BCUT2D eigenvalue weighted by molar-refractivity contribution is 5.85. The molecule has 4 rings (SSSR count). The molecule has 24 heavy (non-hydrogen) atoms. The van der Waals surface area contributed by atoms with E-state index in [9.17, 15) is 9.18 Å². The van der Waals surface area contributed by atoms with Crippen molar-refractivity contribution in [3.63, 3.8) is 0 Å². The van der Waals surface area contributed by atoms with E-state index in [1.165, 1.54) is 12.1 Å². The Labute approximate surface area is 139 Å². The lowest BCUT2D eigenvalue weighted by molar-refractivity contribution is -0.138. The van der Waals surface area contributed by atoms with Gasteiger partial charge >= 0.3 is 0 Å². The minimum Gasteiger partial charge on any atom is -0.381 e. The number of aryl methyl sites for hydroxylation is 1. The molecule has 2 fully saturated rings. The molecule has 0 saturated carbocycles. The van der Waals surface area contributed by atoms with Gasteiger partial charge in [0.2, 0.25) is 11.9 Å². The average molecular weight is 332 g/mol. The van der Waals surface area contributed by atoms with E-state index in [1.807, 2.05) is 11.6 Å². The molecule has 6 nitrogen and oxygen atoms in total. The number of ether oxygens (including phenoxy) is 1. The van der Waals surface area contributed by atoms with Crippen LogP contribution >= 0.6 is 0 Å². The number of hydrogen-bond acceptors (Lipinski definition) is 4. The number of amides is 1. The molecule has 2 atom stereocenters. The predicted octanol–water partition coefficient (Wildman–Crippen LogP) is 1.30. The number of hydrogen-bond donors (Lipinski definition) is 1. The fourth-order valence-corrected chi connectivity index (χ4v) is 4.16. The maximum atomic E-state index is 13.5. The number of nitrogens with one attached hydrogen (secondary N) is 1. The highest BCUT2D eigenvalue weighted by Crippen LogP contribution is 2.44. The van der Waals surface area contributed by atoms with Crippen molar-refractivity contribution in [1.29, 1.82) is 0 Å². The van der Waals surface area contributed by atoms with Crippen LogP contribution < -0.4 is 10.2 Å². The topological polar surface area (TPSA) is 59.4 Å². The molecule has 0 bridgehead atoms. The molecule has 0 unspecified atom stereocenters. The molecule has 2 aliphatic rings. The number of benzene rings is 1. The zero-order valence-corrected chi connectivity index (χ0v) is 13.9. The van der Waals surface area contributed by atoms with E-state index in [1.54, 1.807) is 13.1 Å². The van der Waals surface area contributed by atoms with Gasteiger partial charge in [-0.15, -0.1) is 0 Å². The van der Waals surface area contributed by atoms with Gasteiger partial charge < -0.3 is 19.5 Å². The molecule has 0 aliphatic carbocycles. The lowest BCUT2D eigenvalue weighted by Gasteiger charge is -2.36. The van der Waals surface area contributed by atoms with Crippen LogP contribution in [0.1, 0.15) is 6.42 Å². The van der Waals surface area contributed by atoms with Crippen molar-refractivity contribution in [2.45, 2.75) is 6.42 Å². The standard InChI is InChI=1S/C17H21FN4O2/c1-19-15(23)17-5-6-24-9-11(17)8-22(10-17)16-20-13-4-3-12(18)7-14(13)21(16)2/h3-4,7,11H,5-6,8-10H2,1-2H3,(H,19,23)/t11-,17+/m1/s1. The summed E-state index contributed by atoms with van der Waals surface area (Å²) in [5.41, 5.74) is 1.08. The second-order valence-electron chi connectivity index (χ2n) is 6.74. The van der Waals surface area contributed by atoms with Crippen LogP contribution in [0.5, 0.6) is 0 Å². The van der Waals surface area contributed by atoms with Gasteiger partial charge in [0.15, 0.2) is 0 Å². The normalized spacial score (nSPS) is 26.6. The number of rotatable bonds is 2. The molecule has 0 spiro atoms. The third kappa shape index (κ3) is 2.11. The fraction of sp³-hybridized carbons (Fsp3) is 0.529. The Kier molecular flexibility index (Phi) is 3.49. The predicted molar refractivity (Wildman–Crippen MR) is 88.3 cm³/mol. The number of carbonyl (C=O) groups excluding carboxylic acids is 1. The first-order valence-corrected chi connectivity index (χ1v) is 8.22. The van der Waals surface area contributed by atoms with Crippen LogP contribution in [0.4, 0.5) is 10.3 Å². The van der Waals surface area contributed by atoms with Gasteiger partial charge in [-0.1, -0.05) is 0 Å². The zero-order valence-electron chi connectivity index (χ0n) is 13.9. The molecular formula is C17H21FN4O2. The Morgan fingerprint density at radius 1 is 1.50 bits per heavy atom. The summed E-state index contributed by atoms with van der Waals surface area (Å²) in [4.78, 5) is 19.4. The van der Waals surface area contributed by atoms with E-state index < -0.39 is 5.41 Å². The number of halogens is 1. The first kappa shape index (κ1) is 15.4. The second-order valence-corrected chi connectivity index (χ2v) is 6.74. The second kappa shape index (κ2) is 5.44. The highest BCUT2D eigenvalue weighted by atomic mass is 19.1. The van der Waals surface area contributed by atoms with Crippen LogP contribution in [0.15, 0.2) is 18.2 Å². The third-order valence-electron chi connectivity index (χ3n) is 5.49. The molecule has 2 aromatic rings. The Balaban J connectivity index is 1.73. The molecule has 128 valence electrons. The average Bonchev–Trinajstić information content (AvgIpc) is 3.13. The summed E-state index contributed by atoms with van der Waals surface area (Å²) in [5.74, 6) is 0.710. The summed E-state index contributed by atoms with van der Waals surface area (Å²) in [6, 6.07) is 4.60. The van der Waals surface area contributed by atoms with E-state index in [2.05, 4.69) is 15.2 Å². The summed E-state index contributed by atoms with van der Waals surface area (Å²) >= 11 is 0. The Morgan fingerprint density at radius 2 is 2.33 bits per heavy atom. The maximum Gasteiger partial charge on any atom is 0.228 e. The minimum absolute atomic E-state index is 0.0723.